The number of fused-ring (bicyclic) bond motifs is 1. The fourth-order valence-corrected chi connectivity index (χ4v) is 4.65. The van der Waals surface area contributed by atoms with Crippen molar-refractivity contribution in [3.8, 4) is 5.88 Å². The Morgan fingerprint density at radius 1 is 1.19 bits per heavy atom. The van der Waals surface area contributed by atoms with Crippen LogP contribution in [0.5, 0.6) is 5.88 Å². The first-order valence-electron chi connectivity index (χ1n) is 12.8. The third-order valence-corrected chi connectivity index (χ3v) is 6.70. The average molecular weight is 499 g/mol. The first kappa shape index (κ1) is 26.1. The predicted molar refractivity (Wildman–Crippen MR) is 139 cm³/mol. The molecule has 1 fully saturated rings. The van der Waals surface area contributed by atoms with Gasteiger partial charge in [0.15, 0.2) is 11.9 Å². The molecule has 4 heterocycles. The van der Waals surface area contributed by atoms with E-state index in [1.165, 1.54) is 6.42 Å². The van der Waals surface area contributed by atoms with E-state index < -0.39 is 0 Å². The first-order valence-corrected chi connectivity index (χ1v) is 12.8. The lowest BCUT2D eigenvalue weighted by molar-refractivity contribution is -0.110. The number of aryl methyl sites for hydroxylation is 1. The molecule has 3 aromatic heterocycles. The zero-order valence-electron chi connectivity index (χ0n) is 21.5. The van der Waals surface area contributed by atoms with E-state index in [2.05, 4.69) is 33.3 Å². The second-order valence-corrected chi connectivity index (χ2v) is 9.01. The van der Waals surface area contributed by atoms with Crippen molar-refractivity contribution in [1.82, 2.24) is 19.6 Å². The first-order chi connectivity index (χ1) is 17.7. The second-order valence-electron chi connectivity index (χ2n) is 9.01. The number of aliphatic hydroxyl groups is 1. The van der Waals surface area contributed by atoms with Crippen molar-refractivity contribution in [2.75, 3.05) is 44.2 Å². The van der Waals surface area contributed by atoms with Gasteiger partial charge in [-0.2, -0.15) is 9.61 Å². The molecule has 4 rings (SSSR count). The van der Waals surface area contributed by atoms with Crippen LogP contribution in [0, 0.1) is 0 Å². The van der Waals surface area contributed by atoms with E-state index in [1.54, 1.807) is 14.2 Å². The number of hydrogen-bond donors (Lipinski definition) is 2. The number of rotatable bonds is 13. The summed E-state index contributed by atoms with van der Waals surface area (Å²) < 4.78 is 17.9. The largest absolute Gasteiger partial charge is 0.477 e. The summed E-state index contributed by atoms with van der Waals surface area (Å²) in [6, 6.07) is 6.25. The minimum Gasteiger partial charge on any atom is -0.477 e. The summed E-state index contributed by atoms with van der Waals surface area (Å²) in [6.07, 6.45) is 9.07. The monoisotopic (exact) mass is 498 g/mol. The van der Waals surface area contributed by atoms with Crippen molar-refractivity contribution in [2.45, 2.75) is 64.3 Å². The highest BCUT2D eigenvalue weighted by atomic mass is 16.7. The molecule has 1 atom stereocenters. The number of nitrogens with zero attached hydrogens (tertiary/aromatic N) is 5. The maximum absolute atomic E-state index is 9.58. The fraction of sp³-hybridized carbons (Fsp3) is 0.577. The van der Waals surface area contributed by atoms with Crippen LogP contribution >= 0.6 is 0 Å². The van der Waals surface area contributed by atoms with Crippen LogP contribution in [0.3, 0.4) is 0 Å². The predicted octanol–water partition coefficient (Wildman–Crippen LogP) is 3.43. The highest BCUT2D eigenvalue weighted by Crippen LogP contribution is 2.29. The SMILES string of the molecule is CCc1cnn2c(NCc3ccc(OCCC(OC)OC)nc3)cc(N3CCCC[C@H]3CCO)nc12. The van der Waals surface area contributed by atoms with Gasteiger partial charge in [-0.1, -0.05) is 13.0 Å². The molecular formula is C26H38N6O4. The normalized spacial score (nSPS) is 16.1. The Kier molecular flexibility index (Phi) is 9.32. The van der Waals surface area contributed by atoms with E-state index in [9.17, 15) is 5.11 Å². The van der Waals surface area contributed by atoms with Crippen LogP contribution in [-0.4, -0.2) is 71.0 Å². The molecule has 1 saturated heterocycles. The zero-order chi connectivity index (χ0) is 25.3. The van der Waals surface area contributed by atoms with E-state index in [1.807, 2.05) is 29.0 Å². The van der Waals surface area contributed by atoms with Crippen LogP contribution in [0.15, 0.2) is 30.6 Å². The molecule has 3 aromatic rings. The summed E-state index contributed by atoms with van der Waals surface area (Å²) in [4.78, 5) is 11.8. The number of methoxy groups -OCH3 is 2. The number of aliphatic hydroxyl groups excluding tert-OH is 1. The molecule has 0 aromatic carbocycles. The lowest BCUT2D eigenvalue weighted by atomic mass is 9.99. The van der Waals surface area contributed by atoms with Crippen LogP contribution in [0.2, 0.25) is 0 Å². The van der Waals surface area contributed by atoms with E-state index in [0.717, 1.165) is 60.6 Å². The topological polar surface area (TPSA) is 106 Å². The Hall–Kier alpha value is -2.95. The fourth-order valence-electron chi connectivity index (χ4n) is 4.65. The summed E-state index contributed by atoms with van der Waals surface area (Å²) >= 11 is 0. The van der Waals surface area contributed by atoms with Gasteiger partial charge >= 0.3 is 0 Å². The van der Waals surface area contributed by atoms with Gasteiger partial charge in [0.1, 0.15) is 11.6 Å². The Balaban J connectivity index is 1.48. The Labute approximate surface area is 212 Å². The number of aromatic nitrogens is 4. The maximum Gasteiger partial charge on any atom is 0.213 e. The van der Waals surface area contributed by atoms with Crippen LogP contribution in [-0.2, 0) is 22.4 Å². The molecule has 196 valence electrons. The molecule has 10 nitrogen and oxygen atoms in total. The van der Waals surface area contributed by atoms with Gasteiger partial charge in [-0.05, 0) is 37.7 Å². The van der Waals surface area contributed by atoms with Gasteiger partial charge in [-0.15, -0.1) is 0 Å². The summed E-state index contributed by atoms with van der Waals surface area (Å²) in [5, 5.41) is 17.7. The minimum atomic E-state index is -0.282. The van der Waals surface area contributed by atoms with E-state index in [4.69, 9.17) is 19.2 Å². The van der Waals surface area contributed by atoms with Gasteiger partial charge in [0.05, 0.1) is 12.8 Å². The summed E-state index contributed by atoms with van der Waals surface area (Å²) in [7, 11) is 3.22. The molecule has 0 unspecified atom stereocenters. The standard InChI is InChI=1S/C26H38N6O4/c1-4-20-18-29-32-22(15-23(30-26(20)32)31-12-6-5-7-21(31)10-13-33)27-16-19-8-9-24(28-17-19)36-14-11-25(34-2)35-3/h8-9,15,17-18,21,25,27,33H,4-7,10-14,16H2,1-3H3/t21-/m0/s1. The summed E-state index contributed by atoms with van der Waals surface area (Å²) in [5.74, 6) is 2.39. The highest BCUT2D eigenvalue weighted by molar-refractivity contribution is 5.61. The van der Waals surface area contributed by atoms with E-state index >= 15 is 0 Å². The molecule has 10 heteroatoms. The molecule has 1 aliphatic rings. The number of pyridine rings is 1. The molecule has 0 bridgehead atoms. The zero-order valence-corrected chi connectivity index (χ0v) is 21.5. The molecule has 0 spiro atoms. The molecule has 0 radical (unpaired) electrons. The van der Waals surface area contributed by atoms with E-state index in [0.29, 0.717) is 31.5 Å². The van der Waals surface area contributed by atoms with Gasteiger partial charge in [0.2, 0.25) is 5.88 Å². The van der Waals surface area contributed by atoms with E-state index in [-0.39, 0.29) is 12.9 Å². The molecule has 1 aliphatic heterocycles. The van der Waals surface area contributed by atoms with Gasteiger partial charge in [0, 0.05) is 70.3 Å². The second kappa shape index (κ2) is 12.8. The molecule has 0 aliphatic carbocycles. The van der Waals surface area contributed by atoms with Crippen molar-refractivity contribution >= 4 is 17.3 Å². The van der Waals surface area contributed by atoms with Gasteiger partial charge < -0.3 is 29.5 Å². The Morgan fingerprint density at radius 2 is 2.06 bits per heavy atom. The third-order valence-electron chi connectivity index (χ3n) is 6.70. The lowest BCUT2D eigenvalue weighted by Crippen LogP contribution is -2.40. The third kappa shape index (κ3) is 6.24. The van der Waals surface area contributed by atoms with Gasteiger partial charge in [-0.3, -0.25) is 0 Å². The number of hydrogen-bond acceptors (Lipinski definition) is 9. The molecule has 0 saturated carbocycles. The van der Waals surface area contributed by atoms with Gasteiger partial charge in [0.25, 0.3) is 0 Å². The summed E-state index contributed by atoms with van der Waals surface area (Å²) in [5.41, 5.74) is 3.01. The number of ether oxygens (including phenoxy) is 3. The Morgan fingerprint density at radius 3 is 2.78 bits per heavy atom. The lowest BCUT2D eigenvalue weighted by Gasteiger charge is -2.36. The van der Waals surface area contributed by atoms with Crippen LogP contribution in [0.25, 0.3) is 5.65 Å². The van der Waals surface area contributed by atoms with Crippen molar-refractivity contribution in [3.63, 3.8) is 0 Å². The Bertz CT molecular complexity index is 1080. The van der Waals surface area contributed by atoms with Crippen molar-refractivity contribution in [1.29, 1.82) is 0 Å². The van der Waals surface area contributed by atoms with Crippen LogP contribution in [0.4, 0.5) is 11.6 Å². The van der Waals surface area contributed by atoms with Crippen LogP contribution < -0.4 is 15.0 Å². The minimum absolute atomic E-state index is 0.188. The van der Waals surface area contributed by atoms with Crippen LogP contribution in [0.1, 0.15) is 50.2 Å². The maximum atomic E-state index is 9.58. The average Bonchev–Trinajstić information content (AvgIpc) is 3.34. The molecule has 0 amide bonds. The molecule has 2 N–H and O–H groups in total. The smallest absolute Gasteiger partial charge is 0.213 e. The molecule has 36 heavy (non-hydrogen) atoms. The van der Waals surface area contributed by atoms with Crippen molar-refractivity contribution in [3.05, 3.63) is 41.7 Å². The van der Waals surface area contributed by atoms with Gasteiger partial charge in [-0.25, -0.2) is 9.97 Å². The van der Waals surface area contributed by atoms with Crippen molar-refractivity contribution < 1.29 is 19.3 Å². The number of piperidine rings is 1. The van der Waals surface area contributed by atoms with Crippen molar-refractivity contribution in [2.24, 2.45) is 0 Å². The quantitative estimate of drug-likeness (QED) is 0.343. The summed E-state index contributed by atoms with van der Waals surface area (Å²) in [6.45, 7) is 4.30. The number of anilines is 2. The highest BCUT2D eigenvalue weighted by Gasteiger charge is 2.25. The number of nitrogens with one attached hydrogen (secondary N) is 1. The molecular weight excluding hydrogens is 460 g/mol.